The minimum absolute atomic E-state index is 0.0175. The zero-order valence-electron chi connectivity index (χ0n) is 19.4. The molecule has 8 heteroatoms. The number of halogens is 1. The Morgan fingerprint density at radius 2 is 1.82 bits per heavy atom. The summed E-state index contributed by atoms with van der Waals surface area (Å²) in [6.45, 7) is 6.94. The molecule has 1 aliphatic carbocycles. The van der Waals surface area contributed by atoms with Gasteiger partial charge in [-0.1, -0.05) is 6.92 Å². The van der Waals surface area contributed by atoms with Crippen LogP contribution in [-0.4, -0.2) is 70.6 Å². The number of amides is 2. The number of hydrogen-bond acceptors (Lipinski definition) is 5. The molecule has 1 saturated carbocycles. The number of carbonyl (C=O) groups is 2. The van der Waals surface area contributed by atoms with Gasteiger partial charge in [0.2, 0.25) is 11.8 Å². The molecule has 1 unspecified atom stereocenters. The summed E-state index contributed by atoms with van der Waals surface area (Å²) >= 11 is 0. The molecule has 2 heterocycles. The number of hydrogen-bond donors (Lipinski definition) is 0. The van der Waals surface area contributed by atoms with Gasteiger partial charge in [-0.25, -0.2) is 4.39 Å². The van der Waals surface area contributed by atoms with Crippen molar-refractivity contribution >= 4 is 17.6 Å². The molecule has 2 aliphatic rings. The monoisotopic (exact) mass is 453 g/mol. The Labute approximate surface area is 194 Å². The van der Waals surface area contributed by atoms with Gasteiger partial charge in [0.25, 0.3) is 0 Å². The summed E-state index contributed by atoms with van der Waals surface area (Å²) in [4.78, 5) is 31.5. The van der Waals surface area contributed by atoms with Gasteiger partial charge in [0.15, 0.2) is 5.82 Å². The van der Waals surface area contributed by atoms with Crippen molar-refractivity contribution in [3.8, 4) is 11.3 Å². The zero-order valence-corrected chi connectivity index (χ0v) is 19.4. The van der Waals surface area contributed by atoms with Crippen LogP contribution >= 0.6 is 0 Å². The Hall–Kier alpha value is -3.03. The highest BCUT2D eigenvalue weighted by Crippen LogP contribution is 2.32. The largest absolute Gasteiger partial charge is 0.353 e. The lowest BCUT2D eigenvalue weighted by Gasteiger charge is -2.31. The average molecular weight is 454 g/mol. The van der Waals surface area contributed by atoms with Crippen molar-refractivity contribution in [3.63, 3.8) is 0 Å². The van der Waals surface area contributed by atoms with Crippen molar-refractivity contribution in [2.45, 2.75) is 45.6 Å². The van der Waals surface area contributed by atoms with Crippen LogP contribution in [0.25, 0.3) is 11.3 Å². The maximum absolute atomic E-state index is 13.2. The highest BCUT2D eigenvalue weighted by molar-refractivity contribution is 5.87. The number of carbonyl (C=O) groups excluding carboxylic acids is 2. The van der Waals surface area contributed by atoms with E-state index in [1.165, 1.54) is 12.1 Å². The van der Waals surface area contributed by atoms with E-state index in [4.69, 9.17) is 0 Å². The average Bonchev–Trinajstić information content (AvgIpc) is 3.69. The van der Waals surface area contributed by atoms with E-state index >= 15 is 0 Å². The maximum atomic E-state index is 13.2. The lowest BCUT2D eigenvalue weighted by Crippen LogP contribution is -2.47. The fraction of sp³-hybridized carbons (Fsp3) is 0.520. The van der Waals surface area contributed by atoms with Gasteiger partial charge < -0.3 is 14.7 Å². The van der Waals surface area contributed by atoms with Gasteiger partial charge in [-0.15, -0.1) is 10.2 Å². The van der Waals surface area contributed by atoms with Gasteiger partial charge in [-0.3, -0.25) is 9.59 Å². The maximum Gasteiger partial charge on any atom is 0.242 e. The topological polar surface area (TPSA) is 69.6 Å². The number of nitrogens with zero attached hydrogens (tertiary/aromatic N) is 5. The smallest absolute Gasteiger partial charge is 0.242 e. The Balaban J connectivity index is 1.36. The lowest BCUT2D eigenvalue weighted by molar-refractivity contribution is -0.143. The molecule has 4 rings (SSSR count). The third kappa shape index (κ3) is 5.67. The van der Waals surface area contributed by atoms with Crippen LogP contribution in [0, 0.1) is 11.7 Å². The van der Waals surface area contributed by atoms with E-state index in [0.717, 1.165) is 43.6 Å². The van der Waals surface area contributed by atoms with E-state index in [9.17, 15) is 14.0 Å². The predicted molar refractivity (Wildman–Crippen MR) is 125 cm³/mol. The molecular formula is C25H32FN5O2. The van der Waals surface area contributed by atoms with Crippen LogP contribution in [0.3, 0.4) is 0 Å². The second-order valence-electron chi connectivity index (χ2n) is 9.00. The number of aromatic nitrogens is 2. The highest BCUT2D eigenvalue weighted by atomic mass is 19.1. The van der Waals surface area contributed by atoms with Gasteiger partial charge >= 0.3 is 0 Å². The molecule has 176 valence electrons. The fourth-order valence-electron chi connectivity index (χ4n) is 4.15. The van der Waals surface area contributed by atoms with Crippen LogP contribution in [0.5, 0.6) is 0 Å². The summed E-state index contributed by atoms with van der Waals surface area (Å²) < 4.78 is 13.2. The van der Waals surface area contributed by atoms with E-state index in [1.54, 1.807) is 17.0 Å². The Morgan fingerprint density at radius 1 is 1.06 bits per heavy atom. The lowest BCUT2D eigenvalue weighted by atomic mass is 10.1. The van der Waals surface area contributed by atoms with Crippen molar-refractivity contribution in [1.82, 2.24) is 20.0 Å². The molecule has 0 bridgehead atoms. The third-order valence-electron chi connectivity index (χ3n) is 6.60. The predicted octanol–water partition coefficient (Wildman–Crippen LogP) is 3.36. The minimum Gasteiger partial charge on any atom is -0.353 e. The summed E-state index contributed by atoms with van der Waals surface area (Å²) in [6.07, 6.45) is 3.55. The van der Waals surface area contributed by atoms with Gasteiger partial charge in [0.05, 0.1) is 12.2 Å². The molecule has 2 amide bonds. The first kappa shape index (κ1) is 23.1. The molecule has 0 radical (unpaired) electrons. The fourth-order valence-corrected chi connectivity index (χ4v) is 4.15. The van der Waals surface area contributed by atoms with Crippen molar-refractivity contribution in [2.24, 2.45) is 5.92 Å². The molecule has 1 aliphatic heterocycles. The Morgan fingerprint density at radius 3 is 2.45 bits per heavy atom. The molecular weight excluding hydrogens is 421 g/mol. The molecule has 0 N–H and O–H groups in total. The van der Waals surface area contributed by atoms with Gasteiger partial charge in [0.1, 0.15) is 5.82 Å². The summed E-state index contributed by atoms with van der Waals surface area (Å²) in [5.74, 6) is 0.744. The van der Waals surface area contributed by atoms with Crippen LogP contribution in [0.15, 0.2) is 36.4 Å². The SMILES string of the molecule is CCC(C)N(CC(=O)N1CCCN(c2ccc(-c3ccc(F)cc3)nn2)CC1)C(=O)C1CC1. The quantitative estimate of drug-likeness (QED) is 0.643. The van der Waals surface area contributed by atoms with Crippen molar-refractivity contribution in [3.05, 3.63) is 42.2 Å². The van der Waals surface area contributed by atoms with Crippen LogP contribution in [-0.2, 0) is 9.59 Å². The first-order valence-electron chi connectivity index (χ1n) is 11.9. The summed E-state index contributed by atoms with van der Waals surface area (Å²) in [5, 5.41) is 8.68. The Kier molecular flexibility index (Phi) is 7.20. The molecule has 2 fully saturated rings. The molecule has 1 aromatic carbocycles. The summed E-state index contributed by atoms with van der Waals surface area (Å²) in [7, 11) is 0. The number of anilines is 1. The van der Waals surface area contributed by atoms with E-state index in [1.807, 2.05) is 24.0 Å². The molecule has 1 aromatic heterocycles. The number of benzene rings is 1. The third-order valence-corrected chi connectivity index (χ3v) is 6.60. The van der Waals surface area contributed by atoms with Gasteiger partial charge in [-0.05, 0) is 69.0 Å². The van der Waals surface area contributed by atoms with E-state index in [-0.39, 0.29) is 36.1 Å². The zero-order chi connectivity index (χ0) is 23.4. The van der Waals surface area contributed by atoms with Crippen LogP contribution in [0.2, 0.25) is 0 Å². The van der Waals surface area contributed by atoms with Crippen LogP contribution < -0.4 is 4.90 Å². The molecule has 1 saturated heterocycles. The first-order valence-corrected chi connectivity index (χ1v) is 11.9. The molecule has 0 spiro atoms. The molecule has 7 nitrogen and oxygen atoms in total. The van der Waals surface area contributed by atoms with Gasteiger partial charge in [-0.2, -0.15) is 0 Å². The second kappa shape index (κ2) is 10.3. The standard InChI is InChI=1S/C25H32FN5O2/c1-3-18(2)31(25(33)20-5-6-20)17-24(32)30-14-4-13-29(15-16-30)23-12-11-22(27-28-23)19-7-9-21(26)10-8-19/h7-12,18,20H,3-6,13-17H2,1-2H3. The van der Waals surface area contributed by atoms with E-state index < -0.39 is 0 Å². The second-order valence-corrected chi connectivity index (χ2v) is 9.00. The minimum atomic E-state index is -0.281. The van der Waals surface area contributed by atoms with Crippen molar-refractivity contribution in [2.75, 3.05) is 37.6 Å². The van der Waals surface area contributed by atoms with Gasteiger partial charge in [0, 0.05) is 43.7 Å². The van der Waals surface area contributed by atoms with E-state index in [0.29, 0.717) is 25.3 Å². The van der Waals surface area contributed by atoms with Crippen LogP contribution in [0.4, 0.5) is 10.2 Å². The normalized spacial score (nSPS) is 17.4. The molecule has 2 aromatic rings. The first-order chi connectivity index (χ1) is 16.0. The van der Waals surface area contributed by atoms with Crippen LogP contribution in [0.1, 0.15) is 39.5 Å². The summed E-state index contributed by atoms with van der Waals surface area (Å²) in [6, 6.07) is 10.1. The summed E-state index contributed by atoms with van der Waals surface area (Å²) in [5.41, 5.74) is 1.51. The molecule has 33 heavy (non-hydrogen) atoms. The number of rotatable bonds is 7. The highest BCUT2D eigenvalue weighted by Gasteiger charge is 2.36. The Bertz CT molecular complexity index is 962. The van der Waals surface area contributed by atoms with Crippen molar-refractivity contribution in [1.29, 1.82) is 0 Å². The molecule has 1 atom stereocenters. The van der Waals surface area contributed by atoms with E-state index in [2.05, 4.69) is 22.0 Å². The van der Waals surface area contributed by atoms with Crippen molar-refractivity contribution < 1.29 is 14.0 Å².